The van der Waals surface area contributed by atoms with Gasteiger partial charge < -0.3 is 19.3 Å². The molecule has 1 heterocycles. The van der Waals surface area contributed by atoms with E-state index in [1.807, 2.05) is 0 Å². The highest BCUT2D eigenvalue weighted by molar-refractivity contribution is 6.35. The molecule has 3 aromatic rings. The fourth-order valence-corrected chi connectivity index (χ4v) is 3.34. The van der Waals surface area contributed by atoms with Gasteiger partial charge in [0.05, 0.1) is 16.2 Å². The van der Waals surface area contributed by atoms with Crippen molar-refractivity contribution >= 4 is 52.5 Å². The number of amides is 2. The normalized spacial score (nSPS) is 10.8. The van der Waals surface area contributed by atoms with Gasteiger partial charge >= 0.3 is 12.2 Å². The molecule has 0 aliphatic carbocycles. The molecule has 0 radical (unpaired) electrons. The maximum absolute atomic E-state index is 11.8. The Morgan fingerprint density at radius 2 is 1.63 bits per heavy atom. The zero-order valence-corrected chi connectivity index (χ0v) is 22.9. The van der Waals surface area contributed by atoms with Crippen LogP contribution >= 0.6 is 23.2 Å². The van der Waals surface area contributed by atoms with E-state index in [4.69, 9.17) is 37.6 Å². The van der Waals surface area contributed by atoms with Crippen molar-refractivity contribution in [1.82, 2.24) is 10.1 Å². The first-order chi connectivity index (χ1) is 17.7. The van der Waals surface area contributed by atoms with Crippen LogP contribution in [0.5, 0.6) is 0 Å². The molecule has 12 heteroatoms. The van der Waals surface area contributed by atoms with Gasteiger partial charge in [-0.3, -0.25) is 15.4 Å². The Hall–Kier alpha value is -4.02. The highest BCUT2D eigenvalue weighted by atomic mass is 35.5. The Labute approximate surface area is 230 Å². The van der Waals surface area contributed by atoms with Crippen molar-refractivity contribution in [1.29, 1.82) is 0 Å². The molecule has 2 aromatic carbocycles. The summed E-state index contributed by atoms with van der Waals surface area (Å²) < 4.78 is 10.2. The van der Waals surface area contributed by atoms with Gasteiger partial charge in [-0.05, 0) is 57.2 Å². The minimum absolute atomic E-state index is 0.203. The average Bonchev–Trinajstić information content (AvgIpc) is 3.31. The Morgan fingerprint density at radius 3 is 2.16 bits per heavy atom. The van der Waals surface area contributed by atoms with Crippen LogP contribution in [0.2, 0.25) is 10.0 Å². The van der Waals surface area contributed by atoms with E-state index in [0.717, 1.165) is 0 Å². The van der Waals surface area contributed by atoms with Crippen molar-refractivity contribution in [3.8, 4) is 11.3 Å². The molecule has 0 saturated carbocycles. The van der Waals surface area contributed by atoms with E-state index in [1.165, 1.54) is 24.3 Å². The number of carboxylic acid groups (broad SMARTS) is 1. The monoisotopic (exact) mass is 562 g/mol. The second-order valence-corrected chi connectivity index (χ2v) is 9.78. The van der Waals surface area contributed by atoms with E-state index in [1.54, 1.807) is 76.4 Å². The standard InChI is InChI=1S/C14H15ClN2O3.C12H13ClN2O3/c1-14(2,3)19-13(18)17-9-4-5-10(11(15)8-9)12-6-7-16-20-12;1-15(2)6-5-11(16)9-4-3-8(7-10(9)13)14-12(17)18/h4-8H,1-3H3,(H,17,18);3-7,14H,1-2H3,(H,17,18). The third-order valence-corrected chi connectivity index (χ3v) is 4.95. The predicted octanol–water partition coefficient (Wildman–Crippen LogP) is 7.03. The number of rotatable bonds is 6. The molecule has 0 aliphatic heterocycles. The number of carbonyl (C=O) groups excluding carboxylic acids is 2. The molecule has 38 heavy (non-hydrogen) atoms. The molecular formula is C26H28Cl2N4O6. The lowest BCUT2D eigenvalue weighted by Gasteiger charge is -2.19. The highest BCUT2D eigenvalue weighted by Gasteiger charge is 2.17. The van der Waals surface area contributed by atoms with Crippen LogP contribution < -0.4 is 10.6 Å². The maximum Gasteiger partial charge on any atom is 0.412 e. The molecule has 1 aromatic heterocycles. The first-order valence-corrected chi connectivity index (χ1v) is 11.9. The molecular weight excluding hydrogens is 535 g/mol. The number of ether oxygens (including phenoxy) is 1. The number of aromatic nitrogens is 1. The molecule has 0 fully saturated rings. The van der Waals surface area contributed by atoms with Crippen LogP contribution in [0.3, 0.4) is 0 Å². The smallest absolute Gasteiger partial charge is 0.412 e. The van der Waals surface area contributed by atoms with Crippen LogP contribution in [0.4, 0.5) is 21.0 Å². The number of benzene rings is 2. The fourth-order valence-electron chi connectivity index (χ4n) is 2.79. The molecule has 0 aliphatic rings. The number of carbonyl (C=O) groups is 3. The van der Waals surface area contributed by atoms with Crippen LogP contribution in [0, 0.1) is 0 Å². The fraction of sp³-hybridized carbons (Fsp3) is 0.231. The lowest BCUT2D eigenvalue weighted by atomic mass is 10.1. The van der Waals surface area contributed by atoms with Gasteiger partial charge in [-0.2, -0.15) is 0 Å². The molecule has 3 N–H and O–H groups in total. The van der Waals surface area contributed by atoms with E-state index in [0.29, 0.717) is 33.3 Å². The van der Waals surface area contributed by atoms with Crippen molar-refractivity contribution in [2.75, 3.05) is 24.7 Å². The van der Waals surface area contributed by atoms with Crippen LogP contribution in [-0.2, 0) is 4.74 Å². The molecule has 202 valence electrons. The topological polar surface area (TPSA) is 134 Å². The van der Waals surface area contributed by atoms with E-state index in [9.17, 15) is 14.4 Å². The summed E-state index contributed by atoms with van der Waals surface area (Å²) in [5.41, 5.74) is 1.35. The molecule has 0 atom stereocenters. The lowest BCUT2D eigenvalue weighted by molar-refractivity contribution is 0.0635. The number of hydrogen-bond acceptors (Lipinski definition) is 7. The second-order valence-electron chi connectivity index (χ2n) is 8.97. The van der Waals surface area contributed by atoms with Crippen LogP contribution in [-0.4, -0.2) is 52.8 Å². The van der Waals surface area contributed by atoms with Crippen molar-refractivity contribution in [3.05, 3.63) is 76.5 Å². The summed E-state index contributed by atoms with van der Waals surface area (Å²) in [5.74, 6) is 0.328. The van der Waals surface area contributed by atoms with Gasteiger partial charge in [-0.25, -0.2) is 9.59 Å². The number of allylic oxidation sites excluding steroid dienone is 1. The summed E-state index contributed by atoms with van der Waals surface area (Å²) in [7, 11) is 3.59. The maximum atomic E-state index is 11.8. The number of ketones is 1. The van der Waals surface area contributed by atoms with Gasteiger partial charge in [0, 0.05) is 54.9 Å². The molecule has 2 amide bonds. The number of anilines is 2. The summed E-state index contributed by atoms with van der Waals surface area (Å²) in [5, 5.41) is 17.6. The van der Waals surface area contributed by atoms with Gasteiger partial charge in [0.1, 0.15) is 5.60 Å². The zero-order chi connectivity index (χ0) is 28.5. The van der Waals surface area contributed by atoms with E-state index in [-0.39, 0.29) is 10.8 Å². The minimum Gasteiger partial charge on any atom is -0.465 e. The van der Waals surface area contributed by atoms with Crippen molar-refractivity contribution in [2.45, 2.75) is 26.4 Å². The number of hydrogen-bond donors (Lipinski definition) is 3. The van der Waals surface area contributed by atoms with Gasteiger partial charge in [-0.15, -0.1) is 0 Å². The zero-order valence-electron chi connectivity index (χ0n) is 21.4. The Kier molecular flexibility index (Phi) is 10.7. The molecule has 0 saturated heterocycles. The molecule has 3 rings (SSSR count). The Balaban J connectivity index is 0.000000269. The number of nitrogens with one attached hydrogen (secondary N) is 2. The summed E-state index contributed by atoms with van der Waals surface area (Å²) >= 11 is 12.1. The summed E-state index contributed by atoms with van der Waals surface area (Å²) in [6, 6.07) is 11.2. The predicted molar refractivity (Wildman–Crippen MR) is 147 cm³/mol. The van der Waals surface area contributed by atoms with Gasteiger partial charge in [0.25, 0.3) is 0 Å². The van der Waals surface area contributed by atoms with E-state index < -0.39 is 17.8 Å². The van der Waals surface area contributed by atoms with Gasteiger partial charge in [0.2, 0.25) is 0 Å². The third-order valence-electron chi connectivity index (χ3n) is 4.33. The van der Waals surface area contributed by atoms with Crippen LogP contribution in [0.1, 0.15) is 31.1 Å². The number of halogens is 2. The summed E-state index contributed by atoms with van der Waals surface area (Å²) in [6.07, 6.45) is 2.84. The number of nitrogens with zero attached hydrogens (tertiary/aromatic N) is 2. The highest BCUT2D eigenvalue weighted by Crippen LogP contribution is 2.30. The molecule has 0 spiro atoms. The quantitative estimate of drug-likeness (QED) is 0.215. The Bertz CT molecular complexity index is 1300. The average molecular weight is 563 g/mol. The largest absolute Gasteiger partial charge is 0.465 e. The van der Waals surface area contributed by atoms with Crippen LogP contribution in [0.25, 0.3) is 11.3 Å². The van der Waals surface area contributed by atoms with Gasteiger partial charge in [0.15, 0.2) is 11.5 Å². The molecule has 0 unspecified atom stereocenters. The minimum atomic E-state index is -1.18. The van der Waals surface area contributed by atoms with Crippen molar-refractivity contribution < 1.29 is 28.8 Å². The second kappa shape index (κ2) is 13.5. The van der Waals surface area contributed by atoms with E-state index >= 15 is 0 Å². The summed E-state index contributed by atoms with van der Waals surface area (Å²) in [4.78, 5) is 35.6. The first kappa shape index (κ1) is 30.2. The summed E-state index contributed by atoms with van der Waals surface area (Å²) in [6.45, 7) is 5.39. The van der Waals surface area contributed by atoms with E-state index in [2.05, 4.69) is 15.8 Å². The molecule has 0 bridgehead atoms. The van der Waals surface area contributed by atoms with Gasteiger partial charge in [-0.1, -0.05) is 28.4 Å². The molecule has 10 nitrogen and oxygen atoms in total. The van der Waals surface area contributed by atoms with Crippen molar-refractivity contribution in [3.63, 3.8) is 0 Å². The van der Waals surface area contributed by atoms with Crippen molar-refractivity contribution in [2.24, 2.45) is 0 Å². The lowest BCUT2D eigenvalue weighted by Crippen LogP contribution is -2.27. The first-order valence-electron chi connectivity index (χ1n) is 11.1. The van der Waals surface area contributed by atoms with Crippen LogP contribution in [0.15, 0.2) is 65.5 Å². The Morgan fingerprint density at radius 1 is 1.00 bits per heavy atom. The third kappa shape index (κ3) is 10.2. The SMILES string of the molecule is CC(C)(C)OC(=O)Nc1ccc(-c2ccno2)c(Cl)c1.CN(C)C=CC(=O)c1ccc(NC(=O)O)cc1Cl.